The number of halogens is 1. The molecule has 2 rings (SSSR count). The summed E-state index contributed by atoms with van der Waals surface area (Å²) in [6.07, 6.45) is 0.765. The van der Waals surface area contributed by atoms with Gasteiger partial charge in [0.15, 0.2) is 0 Å². The highest BCUT2D eigenvalue weighted by Crippen LogP contribution is 2.18. The van der Waals surface area contributed by atoms with Crippen LogP contribution in [0, 0.1) is 10.1 Å². The van der Waals surface area contributed by atoms with Crippen molar-refractivity contribution in [1.29, 1.82) is 0 Å². The number of ether oxygens (including phenoxy) is 1. The molecule has 0 aliphatic heterocycles. The van der Waals surface area contributed by atoms with Crippen molar-refractivity contribution in [1.82, 2.24) is 0 Å². The van der Waals surface area contributed by atoms with Crippen LogP contribution in [-0.2, 0) is 11.2 Å². The summed E-state index contributed by atoms with van der Waals surface area (Å²) in [5.41, 5.74) is 0.941. The van der Waals surface area contributed by atoms with Crippen molar-refractivity contribution in [3.05, 3.63) is 69.2 Å². The number of benzene rings is 2. The van der Waals surface area contributed by atoms with E-state index in [4.69, 9.17) is 16.3 Å². The summed E-state index contributed by atoms with van der Waals surface area (Å²) in [5.74, 6) is -0.0968. The molecule has 0 aromatic heterocycles. The first kappa shape index (κ1) is 15.0. The fourth-order valence-corrected chi connectivity index (χ4v) is 1.84. The summed E-state index contributed by atoms with van der Waals surface area (Å²) in [4.78, 5) is 21.7. The van der Waals surface area contributed by atoms with Crippen molar-refractivity contribution in [2.75, 3.05) is 0 Å². The van der Waals surface area contributed by atoms with E-state index in [-0.39, 0.29) is 18.1 Å². The summed E-state index contributed by atoms with van der Waals surface area (Å²) >= 11 is 5.78. The van der Waals surface area contributed by atoms with Crippen LogP contribution in [-0.4, -0.2) is 10.9 Å². The van der Waals surface area contributed by atoms with Crippen molar-refractivity contribution in [2.24, 2.45) is 0 Å². The number of esters is 1. The molecule has 6 heteroatoms. The molecule has 0 aliphatic carbocycles. The molecule has 0 fully saturated rings. The summed E-state index contributed by atoms with van der Waals surface area (Å²) in [5, 5.41) is 11.2. The maximum Gasteiger partial charge on any atom is 0.311 e. The molecule has 0 radical (unpaired) electrons. The minimum atomic E-state index is -0.508. The van der Waals surface area contributed by atoms with E-state index in [0.717, 1.165) is 5.56 Å². The predicted octanol–water partition coefficient (Wildman–Crippen LogP) is 3.79. The lowest BCUT2D eigenvalue weighted by Gasteiger charge is -2.04. The van der Waals surface area contributed by atoms with E-state index >= 15 is 0 Å². The normalized spacial score (nSPS) is 10.1. The molecule has 0 N–H and O–H groups in total. The maximum atomic E-state index is 11.7. The molecule has 108 valence electrons. The Bertz CT molecular complexity index is 638. The Kier molecular flexibility index (Phi) is 4.90. The smallest absolute Gasteiger partial charge is 0.311 e. The average Bonchev–Trinajstić information content (AvgIpc) is 2.47. The minimum Gasteiger partial charge on any atom is -0.427 e. The lowest BCUT2D eigenvalue weighted by Crippen LogP contribution is -2.09. The largest absolute Gasteiger partial charge is 0.427 e. The van der Waals surface area contributed by atoms with Gasteiger partial charge in [0.25, 0.3) is 5.69 Å². The number of aryl methyl sites for hydroxylation is 1. The quantitative estimate of drug-likeness (QED) is 0.365. The third-order valence-electron chi connectivity index (χ3n) is 2.81. The van der Waals surface area contributed by atoms with Crippen LogP contribution in [0.5, 0.6) is 5.75 Å². The van der Waals surface area contributed by atoms with Crippen molar-refractivity contribution in [3.63, 3.8) is 0 Å². The Morgan fingerprint density at radius 1 is 1.10 bits per heavy atom. The number of nitro groups is 1. The third kappa shape index (κ3) is 4.57. The number of nitrogens with zero attached hydrogens (tertiary/aromatic N) is 1. The highest BCUT2D eigenvalue weighted by molar-refractivity contribution is 6.30. The summed E-state index contributed by atoms with van der Waals surface area (Å²) in [6.45, 7) is 0. The number of carbonyl (C=O) groups excluding carboxylic acids is 1. The van der Waals surface area contributed by atoms with Gasteiger partial charge in [0.2, 0.25) is 0 Å². The Hall–Kier alpha value is -2.40. The highest BCUT2D eigenvalue weighted by Gasteiger charge is 2.08. The molecule has 0 aliphatic rings. The van der Waals surface area contributed by atoms with E-state index in [9.17, 15) is 14.9 Å². The van der Waals surface area contributed by atoms with Gasteiger partial charge in [-0.05, 0) is 36.2 Å². The number of carbonyl (C=O) groups is 1. The van der Waals surface area contributed by atoms with E-state index in [1.807, 2.05) is 12.1 Å². The second-order valence-electron chi connectivity index (χ2n) is 4.35. The van der Waals surface area contributed by atoms with Gasteiger partial charge in [-0.15, -0.1) is 0 Å². The number of hydrogen-bond donors (Lipinski definition) is 0. The Labute approximate surface area is 126 Å². The summed E-state index contributed by atoms with van der Waals surface area (Å²) in [7, 11) is 0. The van der Waals surface area contributed by atoms with E-state index in [1.54, 1.807) is 12.1 Å². The monoisotopic (exact) mass is 305 g/mol. The molecule has 5 nitrogen and oxygen atoms in total. The SMILES string of the molecule is O=C(CCc1ccc(Cl)cc1)Oc1ccc([N+](=O)[O-])cc1. The van der Waals surface area contributed by atoms with Crippen molar-refractivity contribution in [2.45, 2.75) is 12.8 Å². The van der Waals surface area contributed by atoms with Gasteiger partial charge in [-0.2, -0.15) is 0 Å². The van der Waals surface area contributed by atoms with Crippen LogP contribution in [0.3, 0.4) is 0 Å². The van der Waals surface area contributed by atoms with Crippen LogP contribution in [0.15, 0.2) is 48.5 Å². The second kappa shape index (κ2) is 6.85. The van der Waals surface area contributed by atoms with Crippen molar-refractivity contribution < 1.29 is 14.5 Å². The van der Waals surface area contributed by atoms with Gasteiger partial charge in [0.1, 0.15) is 5.75 Å². The summed E-state index contributed by atoms with van der Waals surface area (Å²) < 4.78 is 5.11. The van der Waals surface area contributed by atoms with Crippen LogP contribution in [0.2, 0.25) is 5.02 Å². The first-order chi connectivity index (χ1) is 10.0. The van der Waals surface area contributed by atoms with E-state index in [0.29, 0.717) is 17.2 Å². The van der Waals surface area contributed by atoms with Gasteiger partial charge in [0.05, 0.1) is 4.92 Å². The van der Waals surface area contributed by atoms with Crippen molar-refractivity contribution >= 4 is 23.3 Å². The molecule has 21 heavy (non-hydrogen) atoms. The zero-order chi connectivity index (χ0) is 15.2. The molecule has 0 heterocycles. The van der Waals surface area contributed by atoms with Gasteiger partial charge >= 0.3 is 5.97 Å². The Morgan fingerprint density at radius 3 is 2.29 bits per heavy atom. The molecule has 0 amide bonds. The second-order valence-corrected chi connectivity index (χ2v) is 4.79. The fourth-order valence-electron chi connectivity index (χ4n) is 1.72. The average molecular weight is 306 g/mol. The molecule has 0 spiro atoms. The highest BCUT2D eigenvalue weighted by atomic mass is 35.5. The number of nitro benzene ring substituents is 1. The molecular weight excluding hydrogens is 294 g/mol. The van der Waals surface area contributed by atoms with Gasteiger partial charge < -0.3 is 4.74 Å². The van der Waals surface area contributed by atoms with Crippen LogP contribution in [0.1, 0.15) is 12.0 Å². The number of non-ortho nitro benzene ring substituents is 1. The fraction of sp³-hybridized carbons (Fsp3) is 0.133. The molecule has 0 unspecified atom stereocenters. The molecule has 0 saturated carbocycles. The molecule has 2 aromatic carbocycles. The van der Waals surface area contributed by atoms with Gasteiger partial charge in [-0.3, -0.25) is 14.9 Å². The Morgan fingerprint density at radius 2 is 1.71 bits per heavy atom. The standard InChI is InChI=1S/C15H12ClNO4/c16-12-4-1-11(2-5-12)3-10-15(18)21-14-8-6-13(7-9-14)17(19)20/h1-2,4-9H,3,10H2. The van der Waals surface area contributed by atoms with Crippen LogP contribution in [0.25, 0.3) is 0 Å². The topological polar surface area (TPSA) is 69.4 Å². The van der Waals surface area contributed by atoms with Crippen molar-refractivity contribution in [3.8, 4) is 5.75 Å². The predicted molar refractivity (Wildman–Crippen MR) is 78.5 cm³/mol. The maximum absolute atomic E-state index is 11.7. The third-order valence-corrected chi connectivity index (χ3v) is 3.06. The number of hydrogen-bond acceptors (Lipinski definition) is 4. The van der Waals surface area contributed by atoms with Gasteiger partial charge in [-0.25, -0.2) is 0 Å². The van der Waals surface area contributed by atoms with E-state index in [1.165, 1.54) is 24.3 Å². The van der Waals surface area contributed by atoms with Gasteiger partial charge in [0, 0.05) is 23.6 Å². The Balaban J connectivity index is 1.86. The zero-order valence-corrected chi connectivity index (χ0v) is 11.7. The molecule has 2 aromatic rings. The lowest BCUT2D eigenvalue weighted by atomic mass is 10.1. The number of rotatable bonds is 5. The zero-order valence-electron chi connectivity index (χ0n) is 11.0. The molecule has 0 bridgehead atoms. The molecule has 0 saturated heterocycles. The molecular formula is C15H12ClNO4. The minimum absolute atomic E-state index is 0.0454. The lowest BCUT2D eigenvalue weighted by molar-refractivity contribution is -0.384. The molecule has 0 atom stereocenters. The first-order valence-corrected chi connectivity index (χ1v) is 6.62. The van der Waals surface area contributed by atoms with Crippen LogP contribution in [0.4, 0.5) is 5.69 Å². The van der Waals surface area contributed by atoms with E-state index < -0.39 is 4.92 Å². The van der Waals surface area contributed by atoms with Gasteiger partial charge in [-0.1, -0.05) is 23.7 Å². The first-order valence-electron chi connectivity index (χ1n) is 6.24. The van der Waals surface area contributed by atoms with Crippen LogP contribution < -0.4 is 4.74 Å². The summed E-state index contributed by atoms with van der Waals surface area (Å²) in [6, 6.07) is 12.6. The van der Waals surface area contributed by atoms with Crippen LogP contribution >= 0.6 is 11.6 Å². The van der Waals surface area contributed by atoms with E-state index in [2.05, 4.69) is 0 Å².